The minimum atomic E-state index is -0.168. The molecule has 1 fully saturated rings. The number of aromatic nitrogens is 1. The molecule has 5 heteroatoms. The van der Waals surface area contributed by atoms with Crippen LogP contribution in [0.1, 0.15) is 49.9 Å². The molecule has 2 rings (SSSR count). The number of carbonyl (C=O) groups excluding carboxylic acids is 1. The van der Waals surface area contributed by atoms with Gasteiger partial charge in [0.1, 0.15) is 5.15 Å². The molecule has 0 atom stereocenters. The van der Waals surface area contributed by atoms with Crippen molar-refractivity contribution in [2.75, 3.05) is 0 Å². The molecule has 1 N–H and O–H groups in total. The van der Waals surface area contributed by atoms with Gasteiger partial charge in [0.2, 0.25) is 0 Å². The van der Waals surface area contributed by atoms with E-state index in [0.717, 1.165) is 25.7 Å². The van der Waals surface area contributed by atoms with Crippen LogP contribution in [0.25, 0.3) is 0 Å². The van der Waals surface area contributed by atoms with Gasteiger partial charge < -0.3 is 5.32 Å². The number of carbonyl (C=O) groups is 1. The van der Waals surface area contributed by atoms with Gasteiger partial charge in [-0.3, -0.25) is 4.79 Å². The van der Waals surface area contributed by atoms with Gasteiger partial charge in [-0.15, -0.1) is 0 Å². The molecule has 0 aliphatic heterocycles. The first-order valence-corrected chi connectivity index (χ1v) is 7.25. The lowest BCUT2D eigenvalue weighted by molar-refractivity contribution is 0.0909. The normalized spacial score (nSPS) is 19.2. The summed E-state index contributed by atoms with van der Waals surface area (Å²) in [6.45, 7) is 4.54. The molecule has 1 aliphatic carbocycles. The Balaban J connectivity index is 2.00. The summed E-state index contributed by atoms with van der Waals surface area (Å²) in [5.41, 5.74) is 0.783. The van der Waals surface area contributed by atoms with Gasteiger partial charge >= 0.3 is 0 Å². The number of amides is 1. The van der Waals surface area contributed by atoms with E-state index in [1.165, 1.54) is 12.3 Å². The molecule has 1 aliphatic rings. The highest BCUT2D eigenvalue weighted by atomic mass is 35.5. The summed E-state index contributed by atoms with van der Waals surface area (Å²) in [6.07, 6.45) is 5.68. The van der Waals surface area contributed by atoms with Gasteiger partial charge in [0.05, 0.1) is 10.6 Å². The van der Waals surface area contributed by atoms with Gasteiger partial charge in [-0.05, 0) is 37.2 Å². The maximum atomic E-state index is 12.2. The standard InChI is InChI=1S/C14H18Cl2N2O/c1-14(2)5-3-9(4-6-14)18-13(19)10-7-12(16)17-8-11(10)15/h7-9H,3-6H2,1-2H3,(H,18,19). The van der Waals surface area contributed by atoms with E-state index in [2.05, 4.69) is 24.1 Å². The molecule has 0 saturated heterocycles. The van der Waals surface area contributed by atoms with Gasteiger partial charge in [-0.2, -0.15) is 0 Å². The first-order valence-electron chi connectivity index (χ1n) is 6.49. The minimum absolute atomic E-state index is 0.168. The summed E-state index contributed by atoms with van der Waals surface area (Å²) >= 11 is 11.8. The highest BCUT2D eigenvalue weighted by Crippen LogP contribution is 2.35. The summed E-state index contributed by atoms with van der Waals surface area (Å²) in [4.78, 5) is 16.0. The third-order valence-corrected chi connectivity index (χ3v) is 4.25. The van der Waals surface area contributed by atoms with Gasteiger partial charge in [0.15, 0.2) is 0 Å². The minimum Gasteiger partial charge on any atom is -0.349 e. The summed E-state index contributed by atoms with van der Waals surface area (Å²) in [7, 11) is 0. The molecule has 0 spiro atoms. The van der Waals surface area contributed by atoms with Crippen LogP contribution < -0.4 is 5.32 Å². The van der Waals surface area contributed by atoms with Gasteiger partial charge in [-0.25, -0.2) is 4.98 Å². The number of pyridine rings is 1. The van der Waals surface area contributed by atoms with E-state index in [1.807, 2.05) is 0 Å². The molecule has 0 unspecified atom stereocenters. The molecule has 1 aromatic heterocycles. The Bertz CT molecular complexity index is 478. The second kappa shape index (κ2) is 5.68. The third-order valence-electron chi connectivity index (χ3n) is 3.74. The monoisotopic (exact) mass is 300 g/mol. The zero-order chi connectivity index (χ0) is 14.0. The smallest absolute Gasteiger partial charge is 0.253 e. The number of nitrogens with one attached hydrogen (secondary N) is 1. The molecule has 1 heterocycles. The van der Waals surface area contributed by atoms with Crippen LogP contribution >= 0.6 is 23.2 Å². The summed E-state index contributed by atoms with van der Waals surface area (Å²) in [5.74, 6) is -0.168. The molecule has 0 radical (unpaired) electrons. The van der Waals surface area contributed by atoms with E-state index in [1.54, 1.807) is 0 Å². The highest BCUT2D eigenvalue weighted by molar-refractivity contribution is 6.35. The Hall–Kier alpha value is -0.800. The molecule has 1 aromatic rings. The predicted molar refractivity (Wildman–Crippen MR) is 77.8 cm³/mol. The quantitative estimate of drug-likeness (QED) is 0.836. The molecular weight excluding hydrogens is 283 g/mol. The Morgan fingerprint density at radius 3 is 2.63 bits per heavy atom. The molecule has 1 saturated carbocycles. The molecule has 0 bridgehead atoms. The Morgan fingerprint density at radius 2 is 2.00 bits per heavy atom. The number of rotatable bonds is 2. The van der Waals surface area contributed by atoms with Crippen LogP contribution in [-0.4, -0.2) is 16.9 Å². The zero-order valence-electron chi connectivity index (χ0n) is 11.2. The molecule has 19 heavy (non-hydrogen) atoms. The fourth-order valence-corrected chi connectivity index (χ4v) is 2.74. The molecule has 1 amide bonds. The van der Waals surface area contributed by atoms with Crippen molar-refractivity contribution in [2.24, 2.45) is 5.41 Å². The Labute approximate surface area is 123 Å². The Kier molecular flexibility index (Phi) is 4.36. The van der Waals surface area contributed by atoms with E-state index in [9.17, 15) is 4.79 Å². The second-order valence-electron chi connectivity index (χ2n) is 5.90. The van der Waals surface area contributed by atoms with Gasteiger partial charge in [0, 0.05) is 12.2 Å². The largest absolute Gasteiger partial charge is 0.349 e. The average molecular weight is 301 g/mol. The van der Waals surface area contributed by atoms with Crippen LogP contribution in [0.4, 0.5) is 0 Å². The molecular formula is C14H18Cl2N2O. The van der Waals surface area contributed by atoms with E-state index >= 15 is 0 Å². The fourth-order valence-electron chi connectivity index (χ4n) is 2.39. The first-order chi connectivity index (χ1) is 8.87. The van der Waals surface area contributed by atoms with Crippen molar-refractivity contribution in [1.82, 2.24) is 10.3 Å². The summed E-state index contributed by atoms with van der Waals surface area (Å²) in [6, 6.07) is 1.73. The van der Waals surface area contributed by atoms with Crippen molar-refractivity contribution in [1.29, 1.82) is 0 Å². The van der Waals surface area contributed by atoms with E-state index < -0.39 is 0 Å². The van der Waals surface area contributed by atoms with Crippen LogP contribution in [0.2, 0.25) is 10.2 Å². The van der Waals surface area contributed by atoms with E-state index in [0.29, 0.717) is 16.0 Å². The fraction of sp³-hybridized carbons (Fsp3) is 0.571. The van der Waals surface area contributed by atoms with Crippen LogP contribution in [-0.2, 0) is 0 Å². The molecule has 104 valence electrons. The summed E-state index contributed by atoms with van der Waals surface area (Å²) < 4.78 is 0. The van der Waals surface area contributed by atoms with Gasteiger partial charge in [0.25, 0.3) is 5.91 Å². The first kappa shape index (κ1) is 14.6. The lowest BCUT2D eigenvalue weighted by Crippen LogP contribution is -2.39. The van der Waals surface area contributed by atoms with Crippen molar-refractivity contribution in [3.05, 3.63) is 28.0 Å². The van der Waals surface area contributed by atoms with Crippen LogP contribution in [0.5, 0.6) is 0 Å². The van der Waals surface area contributed by atoms with Crippen LogP contribution in [0.3, 0.4) is 0 Å². The number of nitrogens with zero attached hydrogens (tertiary/aromatic N) is 1. The number of hydrogen-bond donors (Lipinski definition) is 1. The highest BCUT2D eigenvalue weighted by Gasteiger charge is 2.28. The van der Waals surface area contributed by atoms with Crippen molar-refractivity contribution in [3.8, 4) is 0 Å². The second-order valence-corrected chi connectivity index (χ2v) is 6.69. The van der Waals surface area contributed by atoms with Crippen molar-refractivity contribution in [2.45, 2.75) is 45.6 Å². The topological polar surface area (TPSA) is 42.0 Å². The zero-order valence-corrected chi connectivity index (χ0v) is 12.7. The average Bonchev–Trinajstić information content (AvgIpc) is 2.35. The maximum absolute atomic E-state index is 12.2. The SMILES string of the molecule is CC1(C)CCC(NC(=O)c2cc(Cl)ncc2Cl)CC1. The molecule has 3 nitrogen and oxygen atoms in total. The lowest BCUT2D eigenvalue weighted by atomic mass is 9.75. The summed E-state index contributed by atoms with van der Waals surface area (Å²) in [5, 5.41) is 3.64. The number of halogens is 2. The molecule has 0 aromatic carbocycles. The Morgan fingerprint density at radius 1 is 1.37 bits per heavy atom. The van der Waals surface area contributed by atoms with Crippen molar-refractivity contribution in [3.63, 3.8) is 0 Å². The number of hydrogen-bond acceptors (Lipinski definition) is 2. The maximum Gasteiger partial charge on any atom is 0.253 e. The van der Waals surface area contributed by atoms with E-state index in [-0.39, 0.29) is 17.1 Å². The van der Waals surface area contributed by atoms with E-state index in [4.69, 9.17) is 23.2 Å². The lowest BCUT2D eigenvalue weighted by Gasteiger charge is -2.34. The van der Waals surface area contributed by atoms with Crippen LogP contribution in [0, 0.1) is 5.41 Å². The third kappa shape index (κ3) is 3.83. The predicted octanol–water partition coefficient (Wildman–Crippen LogP) is 4.09. The van der Waals surface area contributed by atoms with Gasteiger partial charge in [-0.1, -0.05) is 37.0 Å². The van der Waals surface area contributed by atoms with Crippen molar-refractivity contribution >= 4 is 29.1 Å². The van der Waals surface area contributed by atoms with Crippen molar-refractivity contribution < 1.29 is 4.79 Å². The van der Waals surface area contributed by atoms with Crippen LogP contribution in [0.15, 0.2) is 12.3 Å².